The van der Waals surface area contributed by atoms with E-state index in [-0.39, 0.29) is 0 Å². The van der Waals surface area contributed by atoms with Crippen molar-refractivity contribution in [2.45, 2.75) is 0 Å². The second-order valence-electron chi connectivity index (χ2n) is 2.94. The molecule has 0 unspecified atom stereocenters. The second-order valence-corrected chi connectivity index (χ2v) is 3.65. The Morgan fingerprint density at radius 3 is 2.47 bits per heavy atom. The maximum Gasteiger partial charge on any atom is 0.197 e. The molecule has 0 aliphatic heterocycles. The van der Waals surface area contributed by atoms with Crippen LogP contribution in [0.2, 0.25) is 0 Å². The fourth-order valence-corrected chi connectivity index (χ4v) is 1.57. The van der Waals surface area contributed by atoms with Gasteiger partial charge in [-0.1, -0.05) is 0 Å². The summed E-state index contributed by atoms with van der Waals surface area (Å²) in [5.41, 5.74) is 1.93. The summed E-state index contributed by atoms with van der Waals surface area (Å²) in [4.78, 5) is 8.24. The molecule has 0 N–H and O–H groups in total. The molecule has 3 nitrogen and oxygen atoms in total. The first kappa shape index (κ1) is 10.1. The molecule has 0 bridgehead atoms. The van der Waals surface area contributed by atoms with Crippen molar-refractivity contribution in [1.29, 1.82) is 0 Å². The molecule has 0 aliphatic carbocycles. The third-order valence-corrected chi connectivity index (χ3v) is 2.39. The number of halogens is 1. The smallest absolute Gasteiger partial charge is 0.197 e. The Morgan fingerprint density at radius 1 is 1.13 bits per heavy atom. The van der Waals surface area contributed by atoms with E-state index in [0.29, 0.717) is 4.73 Å². The Labute approximate surface area is 96.3 Å². The van der Waals surface area contributed by atoms with Crippen molar-refractivity contribution in [3.05, 3.63) is 41.3 Å². The summed E-state index contributed by atoms with van der Waals surface area (Å²) in [7, 11) is 1.65. The Hall–Kier alpha value is -1.42. The minimum atomic E-state index is 0.593. The Bertz CT molecular complexity index is 456. The van der Waals surface area contributed by atoms with Gasteiger partial charge >= 0.3 is 0 Å². The Morgan fingerprint density at radius 2 is 1.87 bits per heavy atom. The predicted molar refractivity (Wildman–Crippen MR) is 61.7 cm³/mol. The molecule has 1 heterocycles. The van der Waals surface area contributed by atoms with Crippen LogP contribution in [0, 0.1) is 0 Å². The van der Waals surface area contributed by atoms with Crippen molar-refractivity contribution >= 4 is 15.9 Å². The zero-order valence-corrected chi connectivity index (χ0v) is 9.73. The van der Waals surface area contributed by atoms with E-state index >= 15 is 0 Å². The fraction of sp³-hybridized carbons (Fsp3) is 0.0909. The van der Waals surface area contributed by atoms with Gasteiger partial charge in [-0.2, -0.15) is 0 Å². The maximum absolute atomic E-state index is 5.09. The van der Waals surface area contributed by atoms with Gasteiger partial charge in [0, 0.05) is 11.8 Å². The number of hydrogen-bond acceptors (Lipinski definition) is 3. The number of benzene rings is 1. The molecular formula is C11H9BrN2O. The van der Waals surface area contributed by atoms with Gasteiger partial charge in [-0.05, 0) is 46.3 Å². The van der Waals surface area contributed by atoms with Crippen LogP contribution in [0.4, 0.5) is 0 Å². The van der Waals surface area contributed by atoms with Crippen LogP contribution in [0.1, 0.15) is 0 Å². The molecule has 2 aromatic rings. The SMILES string of the molecule is COc1ccc(-c2ccnc(Br)n2)cc1. The fourth-order valence-electron chi connectivity index (χ4n) is 1.26. The van der Waals surface area contributed by atoms with Gasteiger partial charge in [0.25, 0.3) is 0 Å². The predicted octanol–water partition coefficient (Wildman–Crippen LogP) is 2.91. The summed E-state index contributed by atoms with van der Waals surface area (Å²) in [6.07, 6.45) is 1.72. The van der Waals surface area contributed by atoms with E-state index in [1.807, 2.05) is 30.3 Å². The lowest BCUT2D eigenvalue weighted by Gasteiger charge is -2.02. The highest BCUT2D eigenvalue weighted by Crippen LogP contribution is 2.20. The maximum atomic E-state index is 5.09. The average molecular weight is 265 g/mol. The van der Waals surface area contributed by atoms with E-state index in [2.05, 4.69) is 25.9 Å². The third kappa shape index (κ3) is 2.33. The van der Waals surface area contributed by atoms with Crippen molar-refractivity contribution in [2.24, 2.45) is 0 Å². The van der Waals surface area contributed by atoms with Crippen molar-refractivity contribution < 1.29 is 4.74 Å². The molecule has 0 spiro atoms. The molecule has 2 rings (SSSR count). The zero-order chi connectivity index (χ0) is 10.7. The Kier molecular flexibility index (Phi) is 2.97. The first-order valence-electron chi connectivity index (χ1n) is 4.42. The zero-order valence-electron chi connectivity index (χ0n) is 8.14. The molecule has 76 valence electrons. The quantitative estimate of drug-likeness (QED) is 0.783. The molecular weight excluding hydrogens is 256 g/mol. The van der Waals surface area contributed by atoms with E-state index < -0.39 is 0 Å². The average Bonchev–Trinajstić information content (AvgIpc) is 2.29. The van der Waals surface area contributed by atoms with E-state index in [1.54, 1.807) is 13.3 Å². The number of rotatable bonds is 2. The minimum absolute atomic E-state index is 0.593. The van der Waals surface area contributed by atoms with Gasteiger partial charge in [0.2, 0.25) is 0 Å². The van der Waals surface area contributed by atoms with Crippen molar-refractivity contribution in [3.8, 4) is 17.0 Å². The van der Waals surface area contributed by atoms with E-state index in [4.69, 9.17) is 4.74 Å². The van der Waals surface area contributed by atoms with Crippen LogP contribution in [0.5, 0.6) is 5.75 Å². The molecule has 0 saturated carbocycles. The van der Waals surface area contributed by atoms with Gasteiger partial charge in [0.1, 0.15) is 5.75 Å². The third-order valence-electron chi connectivity index (χ3n) is 2.01. The van der Waals surface area contributed by atoms with E-state index in [1.165, 1.54) is 0 Å². The first-order valence-corrected chi connectivity index (χ1v) is 5.22. The van der Waals surface area contributed by atoms with Crippen molar-refractivity contribution in [2.75, 3.05) is 7.11 Å². The summed E-state index contributed by atoms with van der Waals surface area (Å²) in [5.74, 6) is 0.840. The molecule has 0 aliphatic rings. The van der Waals surface area contributed by atoms with Gasteiger partial charge < -0.3 is 4.74 Å². The van der Waals surface area contributed by atoms with Crippen LogP contribution < -0.4 is 4.74 Å². The van der Waals surface area contributed by atoms with Crippen LogP contribution in [-0.4, -0.2) is 17.1 Å². The van der Waals surface area contributed by atoms with Gasteiger partial charge in [0.05, 0.1) is 12.8 Å². The molecule has 1 aromatic heterocycles. The summed E-state index contributed by atoms with van der Waals surface area (Å²) < 4.78 is 5.68. The summed E-state index contributed by atoms with van der Waals surface area (Å²) in [6, 6.07) is 9.62. The molecule has 1 aromatic carbocycles. The highest BCUT2D eigenvalue weighted by atomic mass is 79.9. The molecule has 0 saturated heterocycles. The lowest BCUT2D eigenvalue weighted by molar-refractivity contribution is 0.415. The lowest BCUT2D eigenvalue weighted by atomic mass is 10.1. The number of methoxy groups -OCH3 is 1. The van der Waals surface area contributed by atoms with E-state index in [9.17, 15) is 0 Å². The monoisotopic (exact) mass is 264 g/mol. The molecule has 0 amide bonds. The van der Waals surface area contributed by atoms with Crippen LogP contribution in [-0.2, 0) is 0 Å². The van der Waals surface area contributed by atoms with E-state index in [0.717, 1.165) is 17.0 Å². The van der Waals surface area contributed by atoms with Gasteiger partial charge in [-0.3, -0.25) is 0 Å². The molecule has 4 heteroatoms. The minimum Gasteiger partial charge on any atom is -0.497 e. The molecule has 15 heavy (non-hydrogen) atoms. The van der Waals surface area contributed by atoms with Crippen LogP contribution in [0.3, 0.4) is 0 Å². The number of aromatic nitrogens is 2. The number of nitrogens with zero attached hydrogens (tertiary/aromatic N) is 2. The summed E-state index contributed by atoms with van der Waals surface area (Å²) >= 11 is 3.24. The van der Waals surface area contributed by atoms with Gasteiger partial charge in [0.15, 0.2) is 4.73 Å². The second kappa shape index (κ2) is 4.40. The first-order chi connectivity index (χ1) is 7.29. The van der Waals surface area contributed by atoms with Crippen LogP contribution in [0.15, 0.2) is 41.3 Å². The van der Waals surface area contributed by atoms with Crippen LogP contribution >= 0.6 is 15.9 Å². The normalized spacial score (nSPS) is 10.0. The summed E-state index contributed by atoms with van der Waals surface area (Å²) in [6.45, 7) is 0. The molecule has 0 fully saturated rings. The topological polar surface area (TPSA) is 35.0 Å². The number of ether oxygens (including phenoxy) is 1. The highest BCUT2D eigenvalue weighted by molar-refractivity contribution is 9.10. The lowest BCUT2D eigenvalue weighted by Crippen LogP contribution is -1.87. The van der Waals surface area contributed by atoms with Gasteiger partial charge in [-0.15, -0.1) is 0 Å². The standard InChI is InChI=1S/C11H9BrN2O/c1-15-9-4-2-8(3-5-9)10-6-7-13-11(12)14-10/h2-7H,1H3. The molecule has 0 atom stereocenters. The van der Waals surface area contributed by atoms with Crippen LogP contribution in [0.25, 0.3) is 11.3 Å². The largest absolute Gasteiger partial charge is 0.497 e. The Balaban J connectivity index is 2.37. The highest BCUT2D eigenvalue weighted by Gasteiger charge is 2.00. The molecule has 0 radical (unpaired) electrons. The van der Waals surface area contributed by atoms with Gasteiger partial charge in [-0.25, -0.2) is 9.97 Å². The summed E-state index contributed by atoms with van der Waals surface area (Å²) in [5, 5.41) is 0. The number of hydrogen-bond donors (Lipinski definition) is 0. The van der Waals surface area contributed by atoms with Crippen molar-refractivity contribution in [3.63, 3.8) is 0 Å². The van der Waals surface area contributed by atoms with Crippen molar-refractivity contribution in [1.82, 2.24) is 9.97 Å².